The van der Waals surface area contributed by atoms with Crippen LogP contribution in [0.2, 0.25) is 0 Å². The third kappa shape index (κ3) is 4.40. The third-order valence-electron chi connectivity index (χ3n) is 7.37. The van der Waals surface area contributed by atoms with E-state index >= 15 is 0 Å². The van der Waals surface area contributed by atoms with Crippen molar-refractivity contribution in [3.05, 3.63) is 53.6 Å². The van der Waals surface area contributed by atoms with Gasteiger partial charge in [-0.1, -0.05) is 30.3 Å². The molecule has 0 saturated carbocycles. The molecular weight excluding hydrogens is 468 g/mol. The zero-order valence-electron chi connectivity index (χ0n) is 20.5. The van der Waals surface area contributed by atoms with Crippen molar-refractivity contribution in [2.45, 2.75) is 37.0 Å². The Bertz CT molecular complexity index is 1340. The average Bonchev–Trinajstić information content (AvgIpc) is 3.40. The Kier molecular flexibility index (Phi) is 6.00. The molecule has 2 aliphatic heterocycles. The number of anilines is 4. The maximum absolute atomic E-state index is 13.0. The molecular formula is C26H32N10O. The number of nitrogens with one attached hydrogen (secondary N) is 1. The summed E-state index contributed by atoms with van der Waals surface area (Å²) >= 11 is 0. The van der Waals surface area contributed by atoms with Gasteiger partial charge in [-0.25, -0.2) is 0 Å². The summed E-state index contributed by atoms with van der Waals surface area (Å²) in [6.45, 7) is 2.25. The van der Waals surface area contributed by atoms with E-state index in [0.29, 0.717) is 55.3 Å². The second kappa shape index (κ2) is 9.34. The van der Waals surface area contributed by atoms with E-state index in [-0.39, 0.29) is 30.0 Å². The molecule has 6 rings (SSSR count). The maximum atomic E-state index is 13.0. The van der Waals surface area contributed by atoms with Crippen molar-refractivity contribution in [1.29, 1.82) is 0 Å². The van der Waals surface area contributed by atoms with Crippen molar-refractivity contribution in [1.82, 2.24) is 15.0 Å². The molecule has 4 atom stereocenters. The minimum atomic E-state index is -0.0678. The summed E-state index contributed by atoms with van der Waals surface area (Å²) in [6, 6.07) is 13.3. The van der Waals surface area contributed by atoms with Crippen LogP contribution in [0.15, 0.2) is 42.5 Å². The molecule has 2 aromatic carbocycles. The number of carbonyl (C=O) groups is 1. The van der Waals surface area contributed by atoms with Gasteiger partial charge in [0.2, 0.25) is 17.8 Å². The number of nitrogens with two attached hydrogens (primary N) is 4. The SMILES string of the molecule is NC[C@H]1C[C@@H](N)CN1c1nc(Nc2ccc3c(c2)C(=O)c2ccccc2-3)nc(N2C[C@H](N)C[C@H](N)C2)n1. The number of fused-ring (bicyclic) bond motifs is 3. The first-order valence-corrected chi connectivity index (χ1v) is 12.7. The van der Waals surface area contributed by atoms with Gasteiger partial charge in [-0.15, -0.1) is 0 Å². The van der Waals surface area contributed by atoms with E-state index in [0.717, 1.165) is 29.5 Å². The fourth-order valence-corrected chi connectivity index (χ4v) is 5.68. The van der Waals surface area contributed by atoms with Gasteiger partial charge in [0, 0.05) is 67.2 Å². The highest BCUT2D eigenvalue weighted by molar-refractivity contribution is 6.22. The van der Waals surface area contributed by atoms with Crippen molar-refractivity contribution in [3.8, 4) is 11.1 Å². The van der Waals surface area contributed by atoms with Gasteiger partial charge in [0.1, 0.15) is 0 Å². The highest BCUT2D eigenvalue weighted by atomic mass is 16.1. The lowest BCUT2D eigenvalue weighted by atomic mass is 10.0. The largest absolute Gasteiger partial charge is 0.338 e. The summed E-state index contributed by atoms with van der Waals surface area (Å²) in [5.41, 5.74) is 28.8. The molecule has 192 valence electrons. The Hall–Kier alpha value is -3.64. The van der Waals surface area contributed by atoms with Crippen molar-refractivity contribution in [3.63, 3.8) is 0 Å². The van der Waals surface area contributed by atoms with Crippen LogP contribution >= 0.6 is 0 Å². The van der Waals surface area contributed by atoms with Gasteiger partial charge in [0.15, 0.2) is 5.78 Å². The first-order valence-electron chi connectivity index (χ1n) is 12.7. The summed E-state index contributed by atoms with van der Waals surface area (Å²) < 4.78 is 0. The van der Waals surface area contributed by atoms with Gasteiger partial charge in [-0.05, 0) is 36.1 Å². The number of carbonyl (C=O) groups excluding carboxylic acids is 1. The molecule has 0 spiro atoms. The second-order valence-electron chi connectivity index (χ2n) is 10.2. The number of hydrogen-bond donors (Lipinski definition) is 5. The summed E-state index contributed by atoms with van der Waals surface area (Å²) in [6.07, 6.45) is 1.52. The zero-order chi connectivity index (χ0) is 25.7. The third-order valence-corrected chi connectivity index (χ3v) is 7.37. The predicted octanol–water partition coefficient (Wildman–Crippen LogP) is 0.556. The molecule has 1 aliphatic carbocycles. The van der Waals surface area contributed by atoms with Crippen molar-refractivity contribution >= 4 is 29.3 Å². The van der Waals surface area contributed by atoms with Gasteiger partial charge in [-0.3, -0.25) is 4.79 Å². The molecule has 3 aromatic rings. The van der Waals surface area contributed by atoms with Crippen LogP contribution in [0.4, 0.5) is 23.5 Å². The van der Waals surface area contributed by atoms with Crippen molar-refractivity contribution in [2.24, 2.45) is 22.9 Å². The first-order chi connectivity index (χ1) is 17.9. The fraction of sp³-hybridized carbons (Fsp3) is 0.385. The van der Waals surface area contributed by atoms with Crippen LogP contribution in [0.5, 0.6) is 0 Å². The minimum absolute atomic E-state index is 0.00800. The molecule has 0 bridgehead atoms. The van der Waals surface area contributed by atoms with Crippen LogP contribution in [0.3, 0.4) is 0 Å². The van der Waals surface area contributed by atoms with E-state index in [1.165, 1.54) is 0 Å². The van der Waals surface area contributed by atoms with Crippen molar-refractivity contribution in [2.75, 3.05) is 41.3 Å². The van der Waals surface area contributed by atoms with E-state index < -0.39 is 0 Å². The monoisotopic (exact) mass is 500 g/mol. The lowest BCUT2D eigenvalue weighted by Gasteiger charge is -2.35. The Morgan fingerprint density at radius 1 is 0.811 bits per heavy atom. The van der Waals surface area contributed by atoms with Gasteiger partial charge in [0.25, 0.3) is 0 Å². The van der Waals surface area contributed by atoms with E-state index in [1.807, 2.05) is 52.3 Å². The minimum Gasteiger partial charge on any atom is -0.338 e. The van der Waals surface area contributed by atoms with Crippen LogP contribution in [0, 0.1) is 0 Å². The maximum Gasteiger partial charge on any atom is 0.233 e. The highest BCUT2D eigenvalue weighted by Crippen LogP contribution is 2.38. The second-order valence-corrected chi connectivity index (χ2v) is 10.2. The van der Waals surface area contributed by atoms with Crippen LogP contribution < -0.4 is 38.1 Å². The molecule has 3 aliphatic rings. The molecule has 11 nitrogen and oxygen atoms in total. The zero-order valence-corrected chi connectivity index (χ0v) is 20.5. The van der Waals surface area contributed by atoms with Crippen LogP contribution in [0.25, 0.3) is 11.1 Å². The number of piperidine rings is 1. The molecule has 1 aromatic heterocycles. The lowest BCUT2D eigenvalue weighted by Crippen LogP contribution is -2.53. The average molecular weight is 501 g/mol. The fourth-order valence-electron chi connectivity index (χ4n) is 5.68. The summed E-state index contributed by atoms with van der Waals surface area (Å²) in [7, 11) is 0. The smallest absolute Gasteiger partial charge is 0.233 e. The van der Waals surface area contributed by atoms with Gasteiger partial charge >= 0.3 is 0 Å². The highest BCUT2D eigenvalue weighted by Gasteiger charge is 2.33. The Labute approximate surface area is 215 Å². The van der Waals surface area contributed by atoms with E-state index in [9.17, 15) is 4.79 Å². The molecule has 37 heavy (non-hydrogen) atoms. The Morgan fingerprint density at radius 2 is 1.49 bits per heavy atom. The van der Waals surface area contributed by atoms with Gasteiger partial charge in [-0.2, -0.15) is 15.0 Å². The van der Waals surface area contributed by atoms with E-state index in [4.69, 9.17) is 37.9 Å². The Morgan fingerprint density at radius 3 is 2.24 bits per heavy atom. The standard InChI is InChI=1S/C26H32N10O/c27-10-18-8-16(30)13-36(18)26-33-24(32-25(34-26)35-11-14(28)7-15(29)12-35)31-17-5-6-20-19-3-1-2-4-21(19)23(37)22(20)9-17/h1-6,9,14-16,18H,7-8,10-13,27-30H2,(H,31,32,33,34)/t14-,15+,16-,18-/m1/s1. The number of nitrogens with zero attached hydrogens (tertiary/aromatic N) is 5. The van der Waals surface area contributed by atoms with Crippen molar-refractivity contribution < 1.29 is 4.79 Å². The molecule has 3 heterocycles. The molecule has 2 fully saturated rings. The molecule has 2 saturated heterocycles. The number of benzene rings is 2. The predicted molar refractivity (Wildman–Crippen MR) is 144 cm³/mol. The van der Waals surface area contributed by atoms with Crippen LogP contribution in [0.1, 0.15) is 28.8 Å². The molecule has 0 radical (unpaired) electrons. The summed E-state index contributed by atoms with van der Waals surface area (Å²) in [5.74, 6) is 1.39. The number of rotatable bonds is 5. The molecule has 11 heteroatoms. The number of hydrogen-bond acceptors (Lipinski definition) is 11. The van der Waals surface area contributed by atoms with Gasteiger partial charge in [0.05, 0.1) is 0 Å². The first kappa shape index (κ1) is 23.7. The van der Waals surface area contributed by atoms with E-state index in [2.05, 4.69) is 5.32 Å². The topological polar surface area (TPSA) is 178 Å². The van der Waals surface area contributed by atoms with E-state index in [1.54, 1.807) is 0 Å². The Balaban J connectivity index is 1.36. The summed E-state index contributed by atoms with van der Waals surface area (Å²) in [5, 5.41) is 3.30. The number of ketones is 1. The molecule has 0 unspecified atom stereocenters. The normalized spacial score (nSPS) is 24.8. The lowest BCUT2D eigenvalue weighted by molar-refractivity contribution is 0.104. The summed E-state index contributed by atoms with van der Waals surface area (Å²) in [4.78, 5) is 31.3. The van der Waals surface area contributed by atoms with Crippen LogP contribution in [-0.4, -0.2) is 71.1 Å². The number of aromatic nitrogens is 3. The molecule has 0 amide bonds. The quantitative estimate of drug-likeness (QED) is 0.258. The van der Waals surface area contributed by atoms with Gasteiger partial charge < -0.3 is 38.1 Å². The van der Waals surface area contributed by atoms with Crippen LogP contribution in [-0.2, 0) is 0 Å². The molecule has 9 N–H and O–H groups in total.